The van der Waals surface area contributed by atoms with E-state index in [9.17, 15) is 9.18 Å². The minimum atomic E-state index is -0.723. The number of halogens is 1. The van der Waals surface area contributed by atoms with Gasteiger partial charge < -0.3 is 9.73 Å². The van der Waals surface area contributed by atoms with E-state index in [0.29, 0.717) is 42.2 Å². The highest BCUT2D eigenvalue weighted by molar-refractivity contribution is 5.91. The van der Waals surface area contributed by atoms with E-state index < -0.39 is 6.17 Å². The number of anilines is 1. The van der Waals surface area contributed by atoms with Gasteiger partial charge in [0.25, 0.3) is 0 Å². The molecule has 1 N–H and O–H groups in total. The highest BCUT2D eigenvalue weighted by Gasteiger charge is 2.33. The van der Waals surface area contributed by atoms with Gasteiger partial charge in [-0.3, -0.25) is 14.6 Å². The Kier molecular flexibility index (Phi) is 6.18. The number of aromatic nitrogens is 4. The molecule has 0 unspecified atom stereocenters. The third-order valence-corrected chi connectivity index (χ3v) is 6.46. The number of aryl methyl sites for hydroxylation is 3. The second kappa shape index (κ2) is 9.27. The maximum Gasteiger partial charge on any atom is 0.239 e. The fourth-order valence-corrected chi connectivity index (χ4v) is 4.85. The van der Waals surface area contributed by atoms with Crippen molar-refractivity contribution in [1.82, 2.24) is 29.5 Å². The van der Waals surface area contributed by atoms with E-state index in [0.717, 1.165) is 43.2 Å². The minimum absolute atomic E-state index is 0.148. The molecule has 2 aliphatic rings. The molecular weight excluding hydrogens is 437 g/mol. The summed E-state index contributed by atoms with van der Waals surface area (Å²) in [5.41, 5.74) is 1.80. The number of likely N-dealkylation sites (tertiary alicyclic amines) is 2. The molecule has 2 saturated heterocycles. The van der Waals surface area contributed by atoms with Gasteiger partial charge in [-0.2, -0.15) is 5.10 Å². The van der Waals surface area contributed by atoms with Gasteiger partial charge in [-0.25, -0.2) is 19.0 Å². The SMILES string of the molecule is Cc1cc(C)n(-c2cc(NC(=O)CN3CC[C@H](N4CC[C@H](F)C4)C3)nc(-c3ccc(C)o3)n2)n1. The third kappa shape index (κ3) is 4.88. The van der Waals surface area contributed by atoms with Crippen LogP contribution in [0.4, 0.5) is 10.2 Å². The van der Waals surface area contributed by atoms with E-state index in [1.54, 1.807) is 10.7 Å². The summed E-state index contributed by atoms with van der Waals surface area (Å²) < 4.78 is 21.0. The number of carbonyl (C=O) groups excluding carboxylic acids is 1. The second-order valence-corrected chi connectivity index (χ2v) is 9.29. The predicted molar refractivity (Wildman–Crippen MR) is 126 cm³/mol. The molecule has 5 heterocycles. The van der Waals surface area contributed by atoms with Crippen molar-refractivity contribution in [3.8, 4) is 17.4 Å². The molecule has 1 amide bonds. The molecule has 34 heavy (non-hydrogen) atoms. The van der Waals surface area contributed by atoms with Gasteiger partial charge >= 0.3 is 0 Å². The molecule has 2 fully saturated rings. The fourth-order valence-electron chi connectivity index (χ4n) is 4.85. The van der Waals surface area contributed by atoms with Crippen LogP contribution in [0.15, 0.2) is 28.7 Å². The first-order valence-corrected chi connectivity index (χ1v) is 11.7. The first-order chi connectivity index (χ1) is 16.3. The third-order valence-electron chi connectivity index (χ3n) is 6.46. The van der Waals surface area contributed by atoms with E-state index in [1.807, 2.05) is 39.0 Å². The number of carbonyl (C=O) groups is 1. The van der Waals surface area contributed by atoms with Crippen molar-refractivity contribution < 1.29 is 13.6 Å². The van der Waals surface area contributed by atoms with Crippen molar-refractivity contribution in [2.24, 2.45) is 0 Å². The average molecular weight is 468 g/mol. The molecule has 5 rings (SSSR count). The highest BCUT2D eigenvalue weighted by Crippen LogP contribution is 2.24. The molecule has 2 atom stereocenters. The summed E-state index contributed by atoms with van der Waals surface area (Å²) in [5.74, 6) is 2.45. The van der Waals surface area contributed by atoms with Gasteiger partial charge in [0.05, 0.1) is 12.2 Å². The molecule has 0 aliphatic carbocycles. The Morgan fingerprint density at radius 3 is 2.68 bits per heavy atom. The Labute approximate surface area is 198 Å². The molecule has 0 aromatic carbocycles. The smallest absolute Gasteiger partial charge is 0.239 e. The van der Waals surface area contributed by atoms with E-state index >= 15 is 0 Å². The van der Waals surface area contributed by atoms with Gasteiger partial charge in [-0.15, -0.1) is 0 Å². The number of hydrogen-bond acceptors (Lipinski definition) is 7. The first kappa shape index (κ1) is 22.7. The summed E-state index contributed by atoms with van der Waals surface area (Å²) in [7, 11) is 0. The lowest BCUT2D eigenvalue weighted by Gasteiger charge is -2.23. The second-order valence-electron chi connectivity index (χ2n) is 9.29. The molecule has 0 saturated carbocycles. The van der Waals surface area contributed by atoms with Crippen LogP contribution in [0.1, 0.15) is 30.0 Å². The van der Waals surface area contributed by atoms with E-state index in [-0.39, 0.29) is 12.5 Å². The van der Waals surface area contributed by atoms with Crippen LogP contribution >= 0.6 is 0 Å². The monoisotopic (exact) mass is 467 g/mol. The van der Waals surface area contributed by atoms with Crippen molar-refractivity contribution in [2.45, 2.75) is 45.8 Å². The quantitative estimate of drug-likeness (QED) is 0.596. The maximum absolute atomic E-state index is 13.6. The van der Waals surface area contributed by atoms with Crippen LogP contribution in [0.3, 0.4) is 0 Å². The maximum atomic E-state index is 13.6. The number of rotatable bonds is 6. The van der Waals surface area contributed by atoms with Crippen LogP contribution < -0.4 is 5.32 Å². The Hall–Kier alpha value is -3.11. The lowest BCUT2D eigenvalue weighted by molar-refractivity contribution is -0.117. The molecule has 0 spiro atoms. The zero-order chi connectivity index (χ0) is 23.8. The predicted octanol–water partition coefficient (Wildman–Crippen LogP) is 2.90. The van der Waals surface area contributed by atoms with Crippen LogP contribution in [-0.2, 0) is 4.79 Å². The lowest BCUT2D eigenvalue weighted by Crippen LogP contribution is -2.38. The fraction of sp³-hybridized carbons (Fsp3) is 0.500. The lowest BCUT2D eigenvalue weighted by atomic mass is 10.2. The van der Waals surface area contributed by atoms with Crippen molar-refractivity contribution in [3.05, 3.63) is 41.4 Å². The van der Waals surface area contributed by atoms with Crippen LogP contribution in [0.2, 0.25) is 0 Å². The minimum Gasteiger partial charge on any atom is -0.458 e. The molecule has 3 aromatic rings. The summed E-state index contributed by atoms with van der Waals surface area (Å²) in [6.07, 6.45) is 0.843. The largest absolute Gasteiger partial charge is 0.458 e. The van der Waals surface area contributed by atoms with Gasteiger partial charge in [0.15, 0.2) is 17.4 Å². The number of alkyl halides is 1. The molecule has 0 bridgehead atoms. The van der Waals surface area contributed by atoms with Crippen molar-refractivity contribution in [3.63, 3.8) is 0 Å². The standard InChI is InChI=1S/C24H30FN7O2/c1-15-10-16(2)32(29-15)22-11-21(27-24(28-22)20-5-4-17(3)34-20)26-23(33)14-30-8-7-19(13-30)31-9-6-18(25)12-31/h4-5,10-11,18-19H,6-9,12-14H2,1-3H3,(H,26,27,28,33)/t18-,19-/m0/s1. The summed E-state index contributed by atoms with van der Waals surface area (Å²) in [6, 6.07) is 7.66. The number of furan rings is 1. The van der Waals surface area contributed by atoms with Crippen molar-refractivity contribution in [1.29, 1.82) is 0 Å². The Balaban J connectivity index is 1.32. The van der Waals surface area contributed by atoms with E-state index in [4.69, 9.17) is 4.42 Å². The molecule has 0 radical (unpaired) electrons. The number of nitrogens with one attached hydrogen (secondary N) is 1. The highest BCUT2D eigenvalue weighted by atomic mass is 19.1. The zero-order valence-electron chi connectivity index (χ0n) is 19.8. The molecule has 180 valence electrons. The van der Waals surface area contributed by atoms with E-state index in [2.05, 4.69) is 30.2 Å². The molecule has 3 aromatic heterocycles. The van der Waals surface area contributed by atoms with Gasteiger partial charge in [-0.05, 0) is 51.8 Å². The van der Waals surface area contributed by atoms with Crippen LogP contribution in [0, 0.1) is 20.8 Å². The summed E-state index contributed by atoms with van der Waals surface area (Å²) in [6.45, 7) is 8.90. The number of amides is 1. The summed E-state index contributed by atoms with van der Waals surface area (Å²) >= 11 is 0. The van der Waals surface area contributed by atoms with Gasteiger partial charge in [0, 0.05) is 44.0 Å². The number of hydrogen-bond donors (Lipinski definition) is 1. The average Bonchev–Trinajstić information content (AvgIpc) is 3.56. The molecule has 10 heteroatoms. The van der Waals surface area contributed by atoms with Crippen molar-refractivity contribution in [2.75, 3.05) is 38.0 Å². The van der Waals surface area contributed by atoms with Gasteiger partial charge in [-0.1, -0.05) is 0 Å². The van der Waals surface area contributed by atoms with E-state index in [1.165, 1.54) is 0 Å². The van der Waals surface area contributed by atoms with Crippen LogP contribution in [0.25, 0.3) is 17.4 Å². The summed E-state index contributed by atoms with van der Waals surface area (Å²) in [4.78, 5) is 26.4. The Bertz CT molecular complexity index is 1190. The van der Waals surface area contributed by atoms with Gasteiger partial charge in [0.1, 0.15) is 17.7 Å². The number of nitrogens with zero attached hydrogens (tertiary/aromatic N) is 6. The molecule has 2 aliphatic heterocycles. The Morgan fingerprint density at radius 2 is 2.00 bits per heavy atom. The van der Waals surface area contributed by atoms with Crippen LogP contribution in [0.5, 0.6) is 0 Å². The zero-order valence-corrected chi connectivity index (χ0v) is 19.8. The molecule has 9 nitrogen and oxygen atoms in total. The first-order valence-electron chi connectivity index (χ1n) is 11.7. The topological polar surface area (TPSA) is 92.3 Å². The van der Waals surface area contributed by atoms with Gasteiger partial charge in [0.2, 0.25) is 5.91 Å². The summed E-state index contributed by atoms with van der Waals surface area (Å²) in [5, 5.41) is 7.44. The normalized spacial score (nSPS) is 21.4. The van der Waals surface area contributed by atoms with Crippen LogP contribution in [-0.4, -0.2) is 80.4 Å². The Morgan fingerprint density at radius 1 is 1.15 bits per heavy atom. The van der Waals surface area contributed by atoms with Crippen molar-refractivity contribution >= 4 is 11.7 Å². The molecular formula is C24H30FN7O2.